The number of aromatic nitrogens is 1. The van der Waals surface area contributed by atoms with Crippen LogP contribution in [0.3, 0.4) is 0 Å². The van der Waals surface area contributed by atoms with Crippen LogP contribution in [0.2, 0.25) is 0 Å². The maximum atomic E-state index is 5.53. The molecule has 0 saturated heterocycles. The van der Waals surface area contributed by atoms with Gasteiger partial charge in [0.15, 0.2) is 0 Å². The highest BCUT2D eigenvalue weighted by Gasteiger charge is 2.09. The molecule has 16 heavy (non-hydrogen) atoms. The molecule has 0 aliphatic carbocycles. The van der Waals surface area contributed by atoms with E-state index < -0.39 is 0 Å². The monoisotopic (exact) mass is 243 g/mol. The number of aryl methyl sites for hydroxylation is 1. The molecule has 0 amide bonds. The van der Waals surface area contributed by atoms with Crippen molar-refractivity contribution < 1.29 is 4.74 Å². The van der Waals surface area contributed by atoms with E-state index in [1.165, 1.54) is 0 Å². The zero-order valence-electron chi connectivity index (χ0n) is 10.0. The third kappa shape index (κ3) is 5.03. The predicted octanol–water partition coefficient (Wildman–Crippen LogP) is 1.64. The number of ether oxygens (including phenoxy) is 1. The van der Waals surface area contributed by atoms with Crippen molar-refractivity contribution in [3.05, 3.63) is 16.1 Å². The van der Waals surface area contributed by atoms with E-state index in [0.717, 1.165) is 43.2 Å². The quantitative estimate of drug-likeness (QED) is 0.414. The molecule has 0 radical (unpaired) electrons. The molecule has 1 aromatic rings. The van der Waals surface area contributed by atoms with Gasteiger partial charge in [-0.2, -0.15) is 0 Å². The maximum absolute atomic E-state index is 5.53. The lowest BCUT2D eigenvalue weighted by atomic mass is 10.1. The molecule has 0 aromatic carbocycles. The van der Waals surface area contributed by atoms with Crippen molar-refractivity contribution in [2.75, 3.05) is 13.2 Å². The largest absolute Gasteiger partial charge is 0.382 e. The number of rotatable bonds is 8. The fourth-order valence-corrected chi connectivity index (χ4v) is 2.38. The van der Waals surface area contributed by atoms with Crippen molar-refractivity contribution in [1.29, 1.82) is 0 Å². The van der Waals surface area contributed by atoms with E-state index in [1.807, 2.05) is 13.8 Å². The van der Waals surface area contributed by atoms with Gasteiger partial charge in [-0.1, -0.05) is 0 Å². The Balaban J connectivity index is 2.26. The summed E-state index contributed by atoms with van der Waals surface area (Å²) in [5.74, 6) is 5.53. The molecule has 0 spiro atoms. The van der Waals surface area contributed by atoms with Crippen LogP contribution in [0.15, 0.2) is 5.38 Å². The van der Waals surface area contributed by atoms with Gasteiger partial charge in [-0.3, -0.25) is 11.3 Å². The van der Waals surface area contributed by atoms with Crippen LogP contribution in [-0.4, -0.2) is 24.2 Å². The van der Waals surface area contributed by atoms with Crippen molar-refractivity contribution in [1.82, 2.24) is 10.4 Å². The molecule has 0 fully saturated rings. The summed E-state index contributed by atoms with van der Waals surface area (Å²) in [6.45, 7) is 5.62. The standard InChI is InChI=1S/C11H21N3OS/c1-3-15-6-4-5-10(14-12)7-11-13-9(2)8-16-11/h8,10,14H,3-7,12H2,1-2H3. The summed E-state index contributed by atoms with van der Waals surface area (Å²) in [7, 11) is 0. The van der Waals surface area contributed by atoms with Crippen LogP contribution in [0.4, 0.5) is 0 Å². The maximum Gasteiger partial charge on any atom is 0.0944 e. The summed E-state index contributed by atoms with van der Waals surface area (Å²) in [6.07, 6.45) is 2.96. The smallest absolute Gasteiger partial charge is 0.0944 e. The number of thiazole rings is 1. The second kappa shape index (κ2) is 7.73. The first kappa shape index (κ1) is 13.6. The molecule has 3 N–H and O–H groups in total. The number of nitrogens with zero attached hydrogens (tertiary/aromatic N) is 1. The predicted molar refractivity (Wildman–Crippen MR) is 67.4 cm³/mol. The van der Waals surface area contributed by atoms with Crippen LogP contribution >= 0.6 is 11.3 Å². The van der Waals surface area contributed by atoms with Gasteiger partial charge in [0.25, 0.3) is 0 Å². The van der Waals surface area contributed by atoms with Crippen molar-refractivity contribution in [2.45, 2.75) is 39.2 Å². The second-order valence-corrected chi connectivity index (χ2v) is 4.73. The van der Waals surface area contributed by atoms with Gasteiger partial charge >= 0.3 is 0 Å². The third-order valence-corrected chi connectivity index (χ3v) is 3.36. The van der Waals surface area contributed by atoms with Gasteiger partial charge in [0, 0.05) is 36.8 Å². The van der Waals surface area contributed by atoms with Crippen molar-refractivity contribution >= 4 is 11.3 Å². The molecule has 1 heterocycles. The van der Waals surface area contributed by atoms with Crippen LogP contribution in [0.5, 0.6) is 0 Å². The first-order chi connectivity index (χ1) is 7.76. The Morgan fingerprint density at radius 2 is 2.44 bits per heavy atom. The highest BCUT2D eigenvalue weighted by atomic mass is 32.1. The van der Waals surface area contributed by atoms with Crippen LogP contribution in [0.25, 0.3) is 0 Å². The zero-order valence-corrected chi connectivity index (χ0v) is 10.8. The summed E-state index contributed by atoms with van der Waals surface area (Å²) in [5.41, 5.74) is 3.94. The van der Waals surface area contributed by atoms with Crippen molar-refractivity contribution in [3.63, 3.8) is 0 Å². The van der Waals surface area contributed by atoms with E-state index in [1.54, 1.807) is 11.3 Å². The molecular formula is C11H21N3OS. The fourth-order valence-electron chi connectivity index (χ4n) is 1.53. The molecular weight excluding hydrogens is 222 g/mol. The summed E-state index contributed by atoms with van der Waals surface area (Å²) >= 11 is 1.70. The highest BCUT2D eigenvalue weighted by Crippen LogP contribution is 2.12. The van der Waals surface area contributed by atoms with E-state index in [4.69, 9.17) is 10.6 Å². The molecule has 0 saturated carbocycles. The molecule has 92 valence electrons. The average molecular weight is 243 g/mol. The summed E-state index contributed by atoms with van der Waals surface area (Å²) in [6, 6.07) is 0.297. The number of hydrazine groups is 1. The van der Waals surface area contributed by atoms with Gasteiger partial charge < -0.3 is 4.74 Å². The zero-order chi connectivity index (χ0) is 11.8. The summed E-state index contributed by atoms with van der Waals surface area (Å²) < 4.78 is 5.30. The molecule has 0 aliphatic rings. The lowest BCUT2D eigenvalue weighted by Gasteiger charge is -2.13. The molecule has 5 heteroatoms. The molecule has 1 aromatic heterocycles. The van der Waals surface area contributed by atoms with Crippen molar-refractivity contribution in [3.8, 4) is 0 Å². The normalized spacial score (nSPS) is 12.9. The lowest BCUT2D eigenvalue weighted by Crippen LogP contribution is -2.36. The number of nitrogens with one attached hydrogen (secondary N) is 1. The summed E-state index contributed by atoms with van der Waals surface area (Å²) in [5, 5.41) is 3.22. The number of hydrogen-bond acceptors (Lipinski definition) is 5. The van der Waals surface area contributed by atoms with Crippen LogP contribution in [-0.2, 0) is 11.2 Å². The minimum absolute atomic E-state index is 0.297. The van der Waals surface area contributed by atoms with Gasteiger partial charge in [-0.15, -0.1) is 11.3 Å². The SMILES string of the molecule is CCOCCCC(Cc1nc(C)cs1)NN. The molecule has 1 unspecified atom stereocenters. The molecule has 0 bridgehead atoms. The van der Waals surface area contributed by atoms with Gasteiger partial charge in [0.05, 0.1) is 5.01 Å². The Labute approximate surface area is 101 Å². The minimum atomic E-state index is 0.297. The van der Waals surface area contributed by atoms with Crippen LogP contribution < -0.4 is 11.3 Å². The third-order valence-electron chi connectivity index (χ3n) is 2.37. The topological polar surface area (TPSA) is 60.2 Å². The second-order valence-electron chi connectivity index (χ2n) is 3.79. The summed E-state index contributed by atoms with van der Waals surface area (Å²) in [4.78, 5) is 4.43. The van der Waals surface area contributed by atoms with Gasteiger partial charge in [-0.25, -0.2) is 4.98 Å². The molecule has 0 aliphatic heterocycles. The Hall–Kier alpha value is -0.490. The fraction of sp³-hybridized carbons (Fsp3) is 0.727. The molecule has 1 rings (SSSR count). The van der Waals surface area contributed by atoms with E-state index in [0.29, 0.717) is 6.04 Å². The lowest BCUT2D eigenvalue weighted by molar-refractivity contribution is 0.140. The van der Waals surface area contributed by atoms with Crippen molar-refractivity contribution in [2.24, 2.45) is 5.84 Å². The van der Waals surface area contributed by atoms with Gasteiger partial charge in [0.2, 0.25) is 0 Å². The molecule has 4 nitrogen and oxygen atoms in total. The van der Waals surface area contributed by atoms with E-state index in [9.17, 15) is 0 Å². The van der Waals surface area contributed by atoms with E-state index in [-0.39, 0.29) is 0 Å². The van der Waals surface area contributed by atoms with Crippen LogP contribution in [0, 0.1) is 6.92 Å². The Morgan fingerprint density at radius 1 is 1.62 bits per heavy atom. The molecule has 1 atom stereocenters. The highest BCUT2D eigenvalue weighted by molar-refractivity contribution is 7.09. The Bertz CT molecular complexity index is 291. The average Bonchev–Trinajstić information content (AvgIpc) is 2.68. The van der Waals surface area contributed by atoms with E-state index in [2.05, 4.69) is 15.8 Å². The minimum Gasteiger partial charge on any atom is -0.382 e. The Morgan fingerprint density at radius 3 is 3.00 bits per heavy atom. The van der Waals surface area contributed by atoms with Gasteiger partial charge in [0.1, 0.15) is 0 Å². The first-order valence-corrected chi connectivity index (χ1v) is 6.59. The number of nitrogens with two attached hydrogens (primary N) is 1. The van der Waals surface area contributed by atoms with E-state index >= 15 is 0 Å². The first-order valence-electron chi connectivity index (χ1n) is 5.71. The van der Waals surface area contributed by atoms with Gasteiger partial charge in [-0.05, 0) is 26.7 Å². The Kier molecular flexibility index (Phi) is 6.56. The van der Waals surface area contributed by atoms with Crippen LogP contribution in [0.1, 0.15) is 30.5 Å². The number of hydrogen-bond donors (Lipinski definition) is 2.